The quantitative estimate of drug-likeness (QED) is 0.814. The summed E-state index contributed by atoms with van der Waals surface area (Å²) in [5.41, 5.74) is 2.47. The first-order valence-electron chi connectivity index (χ1n) is 8.45. The molecule has 0 amide bonds. The first kappa shape index (κ1) is 17.0. The molecule has 1 aliphatic carbocycles. The Hall–Kier alpha value is -2.42. The Morgan fingerprint density at radius 2 is 2.23 bits per heavy atom. The number of nitrogens with zero attached hydrogens (tertiary/aromatic N) is 4. The van der Waals surface area contributed by atoms with Crippen molar-refractivity contribution in [2.75, 3.05) is 19.0 Å². The van der Waals surface area contributed by atoms with Crippen LogP contribution in [-0.2, 0) is 4.79 Å². The van der Waals surface area contributed by atoms with Crippen molar-refractivity contribution in [3.63, 3.8) is 0 Å². The lowest BCUT2D eigenvalue weighted by atomic mass is 9.85. The van der Waals surface area contributed by atoms with Crippen LogP contribution in [-0.4, -0.2) is 39.7 Å². The molecule has 0 saturated heterocycles. The van der Waals surface area contributed by atoms with Crippen LogP contribution in [0.4, 0.5) is 5.95 Å². The van der Waals surface area contributed by atoms with Crippen LogP contribution in [0, 0.1) is 0 Å². The number of anilines is 1. The van der Waals surface area contributed by atoms with E-state index < -0.39 is 6.04 Å². The second kappa shape index (κ2) is 6.71. The van der Waals surface area contributed by atoms with Crippen molar-refractivity contribution in [1.29, 1.82) is 0 Å². The van der Waals surface area contributed by atoms with Crippen molar-refractivity contribution < 1.29 is 14.3 Å². The highest BCUT2D eigenvalue weighted by Crippen LogP contribution is 2.44. The van der Waals surface area contributed by atoms with Crippen molar-refractivity contribution in [1.82, 2.24) is 20.2 Å². The van der Waals surface area contributed by atoms with Crippen LogP contribution in [0.15, 0.2) is 27.9 Å². The zero-order valence-electron chi connectivity index (χ0n) is 14.5. The van der Waals surface area contributed by atoms with Crippen molar-refractivity contribution in [2.24, 2.45) is 0 Å². The van der Waals surface area contributed by atoms with E-state index in [2.05, 4.69) is 36.8 Å². The number of halogens is 1. The number of methoxy groups -OCH3 is 1. The zero-order valence-corrected chi connectivity index (χ0v) is 16.0. The standard InChI is InChI=1S/C17H18BrN5O3/c1-3-26-16-10(18)7-9(8-13(16)25-2)15-14-11(5-4-6-12(14)24)19-17-20-21-22-23(15)17/h7-8,15H,3-6H2,1-2H3,(H,19,20,22). The van der Waals surface area contributed by atoms with Gasteiger partial charge in [-0.15, -0.1) is 0 Å². The molecular weight excluding hydrogens is 402 g/mol. The largest absolute Gasteiger partial charge is 0.493 e. The molecular formula is C17H18BrN5O3. The Bertz CT molecular complexity index is 908. The number of allylic oxidation sites excluding steroid dienone is 2. The number of carbonyl (C=O) groups excluding carboxylic acids is 1. The summed E-state index contributed by atoms with van der Waals surface area (Å²) in [6.07, 6.45) is 2.17. The number of tetrazole rings is 1. The molecule has 4 rings (SSSR count). The van der Waals surface area contributed by atoms with E-state index in [0.29, 0.717) is 36.0 Å². The third-order valence-electron chi connectivity index (χ3n) is 4.59. The highest BCUT2D eigenvalue weighted by Gasteiger charge is 2.37. The first-order chi connectivity index (χ1) is 12.6. The average Bonchev–Trinajstić information content (AvgIpc) is 3.10. The fourth-order valence-corrected chi connectivity index (χ4v) is 4.08. The summed E-state index contributed by atoms with van der Waals surface area (Å²) < 4.78 is 13.6. The topological polar surface area (TPSA) is 91.2 Å². The molecule has 0 fully saturated rings. The number of fused-ring (bicyclic) bond motifs is 1. The predicted molar refractivity (Wildman–Crippen MR) is 97.3 cm³/mol. The Balaban J connectivity index is 1.89. The average molecular weight is 420 g/mol. The molecule has 8 nitrogen and oxygen atoms in total. The van der Waals surface area contributed by atoms with Gasteiger partial charge in [-0.2, -0.15) is 4.68 Å². The monoisotopic (exact) mass is 419 g/mol. The van der Waals surface area contributed by atoms with Crippen LogP contribution >= 0.6 is 15.9 Å². The van der Waals surface area contributed by atoms with E-state index in [0.717, 1.165) is 28.6 Å². The Kier molecular flexibility index (Phi) is 4.39. The van der Waals surface area contributed by atoms with Crippen LogP contribution in [0.25, 0.3) is 0 Å². The van der Waals surface area contributed by atoms with E-state index >= 15 is 0 Å². The molecule has 0 bridgehead atoms. The van der Waals surface area contributed by atoms with Crippen LogP contribution in [0.3, 0.4) is 0 Å². The zero-order chi connectivity index (χ0) is 18.3. The van der Waals surface area contributed by atoms with Gasteiger partial charge in [-0.3, -0.25) is 4.79 Å². The molecule has 9 heteroatoms. The first-order valence-corrected chi connectivity index (χ1v) is 9.24. The lowest BCUT2D eigenvalue weighted by Gasteiger charge is -2.31. The fraction of sp³-hybridized carbons (Fsp3) is 0.412. The van der Waals surface area contributed by atoms with Gasteiger partial charge in [0.2, 0.25) is 5.95 Å². The van der Waals surface area contributed by atoms with Crippen LogP contribution in [0.5, 0.6) is 11.5 Å². The van der Waals surface area contributed by atoms with Crippen LogP contribution in [0.2, 0.25) is 0 Å². The number of hydrogen-bond donors (Lipinski definition) is 1. The minimum Gasteiger partial charge on any atom is -0.493 e. The number of ketones is 1. The second-order valence-corrected chi connectivity index (χ2v) is 6.97. The van der Waals surface area contributed by atoms with Gasteiger partial charge in [0.1, 0.15) is 6.04 Å². The van der Waals surface area contributed by atoms with Crippen molar-refractivity contribution in [3.8, 4) is 11.5 Å². The fourth-order valence-electron chi connectivity index (χ4n) is 3.51. The van der Waals surface area contributed by atoms with Gasteiger partial charge in [-0.1, -0.05) is 5.10 Å². The van der Waals surface area contributed by atoms with Crippen molar-refractivity contribution >= 4 is 27.7 Å². The Morgan fingerprint density at radius 3 is 3.00 bits per heavy atom. The number of rotatable bonds is 4. The summed E-state index contributed by atoms with van der Waals surface area (Å²) in [7, 11) is 1.59. The number of carbonyl (C=O) groups is 1. The van der Waals surface area contributed by atoms with E-state index in [1.165, 1.54) is 0 Å². The molecule has 0 spiro atoms. The summed E-state index contributed by atoms with van der Waals surface area (Å²) in [5.74, 6) is 1.88. The third-order valence-corrected chi connectivity index (χ3v) is 5.17. The molecule has 26 heavy (non-hydrogen) atoms. The van der Waals surface area contributed by atoms with Gasteiger partial charge < -0.3 is 14.8 Å². The summed E-state index contributed by atoms with van der Waals surface area (Å²) in [5, 5.41) is 15.1. The normalized spacial score (nSPS) is 18.9. The minimum absolute atomic E-state index is 0.119. The number of aromatic nitrogens is 4. The molecule has 1 unspecified atom stereocenters. The lowest BCUT2D eigenvalue weighted by Crippen LogP contribution is -2.31. The minimum atomic E-state index is -0.398. The SMILES string of the molecule is CCOc1c(Br)cc(C2C3=C(CCCC3=O)Nc3nnnn32)cc1OC. The maximum atomic E-state index is 12.7. The Morgan fingerprint density at radius 1 is 1.38 bits per heavy atom. The lowest BCUT2D eigenvalue weighted by molar-refractivity contribution is -0.116. The van der Waals surface area contributed by atoms with Crippen LogP contribution in [0.1, 0.15) is 37.8 Å². The van der Waals surface area contributed by atoms with Gasteiger partial charge in [-0.25, -0.2) is 0 Å². The van der Waals surface area contributed by atoms with E-state index in [1.807, 2.05) is 19.1 Å². The maximum Gasteiger partial charge on any atom is 0.248 e. The number of nitrogens with one attached hydrogen (secondary N) is 1. The van der Waals surface area contributed by atoms with Gasteiger partial charge in [-0.05, 0) is 63.8 Å². The van der Waals surface area contributed by atoms with Crippen molar-refractivity contribution in [3.05, 3.63) is 33.4 Å². The number of benzene rings is 1. The molecule has 1 N–H and O–H groups in total. The molecule has 1 aromatic heterocycles. The van der Waals surface area contributed by atoms with Gasteiger partial charge in [0, 0.05) is 17.7 Å². The molecule has 2 heterocycles. The summed E-state index contributed by atoms with van der Waals surface area (Å²) in [6.45, 7) is 2.43. The van der Waals surface area contributed by atoms with E-state index in [1.54, 1.807) is 11.8 Å². The van der Waals surface area contributed by atoms with E-state index in [-0.39, 0.29) is 5.78 Å². The van der Waals surface area contributed by atoms with E-state index in [4.69, 9.17) is 9.47 Å². The molecule has 2 aliphatic rings. The van der Waals surface area contributed by atoms with E-state index in [9.17, 15) is 4.79 Å². The summed E-state index contributed by atoms with van der Waals surface area (Å²) >= 11 is 3.56. The molecule has 1 aromatic carbocycles. The molecule has 1 atom stereocenters. The smallest absolute Gasteiger partial charge is 0.248 e. The number of hydrogen-bond acceptors (Lipinski definition) is 7. The third kappa shape index (κ3) is 2.66. The Labute approximate surface area is 158 Å². The second-order valence-electron chi connectivity index (χ2n) is 6.11. The van der Waals surface area contributed by atoms with Crippen molar-refractivity contribution in [2.45, 2.75) is 32.2 Å². The number of Topliss-reactive ketones (excluding diaryl/α,β-unsaturated/α-hetero) is 1. The molecule has 0 saturated carbocycles. The highest BCUT2D eigenvalue weighted by molar-refractivity contribution is 9.10. The predicted octanol–water partition coefficient (Wildman–Crippen LogP) is 2.86. The number of ether oxygens (including phenoxy) is 2. The maximum absolute atomic E-state index is 12.7. The molecule has 0 radical (unpaired) electrons. The molecule has 136 valence electrons. The van der Waals surface area contributed by atoms with Gasteiger partial charge >= 0.3 is 0 Å². The van der Waals surface area contributed by atoms with Crippen LogP contribution < -0.4 is 14.8 Å². The molecule has 2 aromatic rings. The summed E-state index contributed by atoms with van der Waals surface area (Å²) in [6, 6.07) is 3.41. The van der Waals surface area contributed by atoms with Gasteiger partial charge in [0.15, 0.2) is 17.3 Å². The van der Waals surface area contributed by atoms with Gasteiger partial charge in [0.25, 0.3) is 0 Å². The van der Waals surface area contributed by atoms with Gasteiger partial charge in [0.05, 0.1) is 18.2 Å². The molecule has 1 aliphatic heterocycles. The highest BCUT2D eigenvalue weighted by atomic mass is 79.9. The summed E-state index contributed by atoms with van der Waals surface area (Å²) in [4.78, 5) is 12.7.